The molecular formula is C47H55N3O4S. The number of hydrogen-bond acceptors (Lipinski definition) is 6. The van der Waals surface area contributed by atoms with Gasteiger partial charge in [-0.05, 0) is 67.1 Å². The van der Waals surface area contributed by atoms with Gasteiger partial charge in [0.2, 0.25) is 0 Å². The van der Waals surface area contributed by atoms with Crippen molar-refractivity contribution in [3.8, 4) is 0 Å². The van der Waals surface area contributed by atoms with E-state index in [1.807, 2.05) is 67.8 Å². The smallest absolute Gasteiger partial charge is 0.407 e. The summed E-state index contributed by atoms with van der Waals surface area (Å²) in [6, 6.07) is 45.7. The number of ether oxygens (including phenoxy) is 2. The zero-order chi connectivity index (χ0) is 38.7. The van der Waals surface area contributed by atoms with Crippen LogP contribution in [0.1, 0.15) is 67.6 Å². The quantitative estimate of drug-likeness (QED) is 0.0848. The third kappa shape index (κ3) is 10.2. The Labute approximate surface area is 331 Å². The first-order chi connectivity index (χ1) is 26.7. The summed E-state index contributed by atoms with van der Waals surface area (Å²) in [6.45, 7) is 11.5. The van der Waals surface area contributed by atoms with Crippen LogP contribution in [0.15, 0.2) is 133 Å². The largest absolute Gasteiger partial charge is 0.444 e. The van der Waals surface area contributed by atoms with E-state index in [2.05, 4.69) is 120 Å². The molecular weight excluding hydrogens is 703 g/mol. The second kappa shape index (κ2) is 18.8. The second-order valence-electron chi connectivity index (χ2n) is 15.3. The van der Waals surface area contributed by atoms with E-state index in [1.165, 1.54) is 16.7 Å². The third-order valence-electron chi connectivity index (χ3n) is 10.1. The molecule has 288 valence electrons. The van der Waals surface area contributed by atoms with Crippen LogP contribution < -0.4 is 5.32 Å². The van der Waals surface area contributed by atoms with Gasteiger partial charge in [-0.1, -0.05) is 134 Å². The van der Waals surface area contributed by atoms with Crippen LogP contribution in [-0.4, -0.2) is 84.6 Å². The SMILES string of the molecule is CCCOCC[C@H]1CN(C(=O)c2cccc3ccccc23)CCN1C[C@H](CSC(c1ccccc1)(c1ccccc1)c1ccccc1)NC(=O)OC(C)(C)C. The van der Waals surface area contributed by atoms with E-state index in [-0.39, 0.29) is 18.0 Å². The lowest BCUT2D eigenvalue weighted by Gasteiger charge is -2.43. The Bertz CT molecular complexity index is 1870. The maximum atomic E-state index is 14.2. The van der Waals surface area contributed by atoms with E-state index in [1.54, 1.807) is 0 Å². The number of amides is 2. The first-order valence-corrected chi connectivity index (χ1v) is 20.6. The number of rotatable bonds is 15. The standard InChI is InChI=1S/C47H55N3O4S/c1-5-31-53-32-28-41-34-50(44(51)43-27-17-19-36-18-15-16-26-42(36)43)30-29-49(41)33-40(48-45(52)54-46(2,3)4)35-55-47(37-20-9-6-10-21-37,38-22-11-7-12-23-38)39-24-13-8-14-25-39/h6-27,40-41H,5,28-35H2,1-4H3,(H,48,52)/t40-,41+/m1/s1. The predicted octanol–water partition coefficient (Wildman–Crippen LogP) is 9.40. The molecule has 1 heterocycles. The van der Waals surface area contributed by atoms with Crippen molar-refractivity contribution in [1.82, 2.24) is 15.1 Å². The number of hydrogen-bond donors (Lipinski definition) is 1. The Morgan fingerprint density at radius 1 is 0.764 bits per heavy atom. The summed E-state index contributed by atoms with van der Waals surface area (Å²) in [5.41, 5.74) is 3.59. The molecule has 2 amide bonds. The molecule has 0 aromatic heterocycles. The number of piperazine rings is 1. The summed E-state index contributed by atoms with van der Waals surface area (Å²) in [6.07, 6.45) is 1.29. The highest BCUT2D eigenvalue weighted by atomic mass is 32.2. The van der Waals surface area contributed by atoms with Gasteiger partial charge in [0.15, 0.2) is 0 Å². The lowest BCUT2D eigenvalue weighted by Crippen LogP contribution is -2.58. The fraction of sp³-hybridized carbons (Fsp3) is 0.362. The van der Waals surface area contributed by atoms with E-state index in [4.69, 9.17) is 9.47 Å². The lowest BCUT2D eigenvalue weighted by molar-refractivity contribution is 0.0295. The normalized spacial score (nSPS) is 15.8. The molecule has 0 saturated carbocycles. The number of thioether (sulfide) groups is 1. The number of alkyl carbamates (subject to hydrolysis) is 1. The fourth-order valence-electron chi connectivity index (χ4n) is 7.53. The molecule has 6 rings (SSSR count). The topological polar surface area (TPSA) is 71.1 Å². The van der Waals surface area contributed by atoms with E-state index < -0.39 is 16.4 Å². The fourth-order valence-corrected chi connectivity index (χ4v) is 9.08. The van der Waals surface area contributed by atoms with Gasteiger partial charge >= 0.3 is 6.09 Å². The van der Waals surface area contributed by atoms with Gasteiger partial charge in [0.1, 0.15) is 5.60 Å². The number of benzene rings is 5. The minimum Gasteiger partial charge on any atom is -0.444 e. The molecule has 8 heteroatoms. The molecule has 5 aromatic carbocycles. The number of carbonyl (C=O) groups excluding carboxylic acids is 2. The zero-order valence-corrected chi connectivity index (χ0v) is 33.5. The average molecular weight is 758 g/mol. The van der Waals surface area contributed by atoms with Crippen molar-refractivity contribution in [3.05, 3.63) is 156 Å². The van der Waals surface area contributed by atoms with Crippen LogP contribution >= 0.6 is 11.8 Å². The van der Waals surface area contributed by atoms with E-state index in [9.17, 15) is 9.59 Å². The van der Waals surface area contributed by atoms with E-state index in [0.717, 1.165) is 29.2 Å². The Kier molecular flexibility index (Phi) is 13.7. The minimum absolute atomic E-state index is 0.0413. The number of carbonyl (C=O) groups is 2. The Balaban J connectivity index is 1.30. The van der Waals surface area contributed by atoms with E-state index in [0.29, 0.717) is 45.1 Å². The van der Waals surface area contributed by atoms with Crippen molar-refractivity contribution in [2.45, 2.75) is 63.0 Å². The minimum atomic E-state index is -0.642. The molecule has 7 nitrogen and oxygen atoms in total. The maximum Gasteiger partial charge on any atom is 0.407 e. The summed E-state index contributed by atoms with van der Waals surface area (Å²) in [5, 5.41) is 5.32. The summed E-state index contributed by atoms with van der Waals surface area (Å²) < 4.78 is 11.3. The summed E-state index contributed by atoms with van der Waals surface area (Å²) in [4.78, 5) is 32.1. The van der Waals surface area contributed by atoms with Crippen molar-refractivity contribution < 1.29 is 19.1 Å². The van der Waals surface area contributed by atoms with Crippen molar-refractivity contribution in [1.29, 1.82) is 0 Å². The van der Waals surface area contributed by atoms with Crippen molar-refractivity contribution in [3.63, 3.8) is 0 Å². The highest BCUT2D eigenvalue weighted by molar-refractivity contribution is 8.00. The Morgan fingerprint density at radius 3 is 1.95 bits per heavy atom. The average Bonchev–Trinajstić information content (AvgIpc) is 3.20. The molecule has 0 aliphatic carbocycles. The van der Waals surface area contributed by atoms with Crippen LogP contribution in [0.4, 0.5) is 4.79 Å². The second-order valence-corrected chi connectivity index (χ2v) is 16.5. The summed E-state index contributed by atoms with van der Waals surface area (Å²) in [7, 11) is 0. The van der Waals surface area contributed by atoms with Gasteiger partial charge in [-0.2, -0.15) is 0 Å². The van der Waals surface area contributed by atoms with Crippen LogP contribution in [0.25, 0.3) is 10.8 Å². The molecule has 1 aliphatic heterocycles. The van der Waals surface area contributed by atoms with Gasteiger partial charge < -0.3 is 19.7 Å². The van der Waals surface area contributed by atoms with E-state index >= 15 is 0 Å². The van der Waals surface area contributed by atoms with Crippen LogP contribution in [-0.2, 0) is 14.2 Å². The highest BCUT2D eigenvalue weighted by Crippen LogP contribution is 2.48. The Morgan fingerprint density at radius 2 is 1.35 bits per heavy atom. The molecule has 0 unspecified atom stereocenters. The van der Waals surface area contributed by atoms with Crippen LogP contribution in [0.2, 0.25) is 0 Å². The van der Waals surface area contributed by atoms with Gasteiger partial charge in [0.25, 0.3) is 5.91 Å². The Hall–Kier alpha value is -4.63. The number of nitrogens with zero attached hydrogens (tertiary/aromatic N) is 2. The van der Waals surface area contributed by atoms with Crippen molar-refractivity contribution >= 4 is 34.5 Å². The first kappa shape index (κ1) is 40.0. The molecule has 0 radical (unpaired) electrons. The summed E-state index contributed by atoms with van der Waals surface area (Å²) in [5.74, 6) is 0.653. The molecule has 1 N–H and O–H groups in total. The molecule has 1 fully saturated rings. The van der Waals surface area contributed by atoms with Gasteiger partial charge in [-0.25, -0.2) is 4.79 Å². The monoisotopic (exact) mass is 757 g/mol. The lowest BCUT2D eigenvalue weighted by atomic mass is 9.84. The van der Waals surface area contributed by atoms with Gasteiger partial charge in [0, 0.05) is 56.8 Å². The first-order valence-electron chi connectivity index (χ1n) is 19.6. The number of nitrogens with one attached hydrogen (secondary N) is 1. The molecule has 2 atom stereocenters. The van der Waals surface area contributed by atoms with Crippen LogP contribution in [0.3, 0.4) is 0 Å². The maximum absolute atomic E-state index is 14.2. The molecule has 1 saturated heterocycles. The molecule has 55 heavy (non-hydrogen) atoms. The molecule has 0 spiro atoms. The summed E-state index contributed by atoms with van der Waals surface area (Å²) >= 11 is 1.83. The molecule has 5 aromatic rings. The van der Waals surface area contributed by atoms with Gasteiger partial charge in [0.05, 0.1) is 10.8 Å². The van der Waals surface area contributed by atoms with Gasteiger partial charge in [-0.3, -0.25) is 9.69 Å². The zero-order valence-electron chi connectivity index (χ0n) is 32.7. The van der Waals surface area contributed by atoms with Crippen LogP contribution in [0, 0.1) is 0 Å². The van der Waals surface area contributed by atoms with Crippen molar-refractivity contribution in [2.75, 3.05) is 45.1 Å². The third-order valence-corrected chi connectivity index (χ3v) is 11.8. The van der Waals surface area contributed by atoms with Crippen LogP contribution in [0.5, 0.6) is 0 Å². The predicted molar refractivity (Wildman–Crippen MR) is 226 cm³/mol. The highest BCUT2D eigenvalue weighted by Gasteiger charge is 2.39. The number of fused-ring (bicyclic) bond motifs is 1. The molecule has 1 aliphatic rings. The van der Waals surface area contributed by atoms with Crippen molar-refractivity contribution in [2.24, 2.45) is 0 Å². The van der Waals surface area contributed by atoms with Gasteiger partial charge in [-0.15, -0.1) is 11.8 Å². The molecule has 0 bridgehead atoms.